The largest absolute Gasteiger partial charge is 0.402 e. The minimum atomic E-state index is 0.319. The molecule has 2 aliphatic rings. The van der Waals surface area contributed by atoms with E-state index < -0.39 is 0 Å². The highest BCUT2D eigenvalue weighted by Crippen LogP contribution is 2.22. The summed E-state index contributed by atoms with van der Waals surface area (Å²) in [6.07, 6.45) is 8.27. The predicted molar refractivity (Wildman–Crippen MR) is 134 cm³/mol. The lowest BCUT2D eigenvalue weighted by atomic mass is 10.2. The molecular weight excluding hydrogens is 414 g/mol. The van der Waals surface area contributed by atoms with Crippen LogP contribution in [-0.4, -0.2) is 66.1 Å². The quantitative estimate of drug-likeness (QED) is 0.497. The number of ether oxygens (including phenoxy) is 1. The Kier molecular flexibility index (Phi) is 7.70. The molecule has 0 bridgehead atoms. The summed E-state index contributed by atoms with van der Waals surface area (Å²) >= 11 is 0. The molecule has 1 aromatic heterocycles. The molecule has 2 saturated heterocycles. The summed E-state index contributed by atoms with van der Waals surface area (Å²) in [5.41, 5.74) is 13.4. The van der Waals surface area contributed by atoms with Gasteiger partial charge < -0.3 is 21.1 Å². The van der Waals surface area contributed by atoms with Gasteiger partial charge in [-0.1, -0.05) is 36.4 Å². The minimum Gasteiger partial charge on any atom is -0.402 e. The van der Waals surface area contributed by atoms with Gasteiger partial charge in [-0.2, -0.15) is 0 Å². The van der Waals surface area contributed by atoms with Gasteiger partial charge in [0.15, 0.2) is 11.6 Å². The number of amidine groups is 1. The lowest BCUT2D eigenvalue weighted by molar-refractivity contribution is 0.0712. The Morgan fingerprint density at radius 1 is 1.12 bits per heavy atom. The summed E-state index contributed by atoms with van der Waals surface area (Å²) < 4.78 is 5.80. The van der Waals surface area contributed by atoms with Gasteiger partial charge in [0, 0.05) is 51.1 Å². The SMILES string of the molecule is C/C(N)=C/C(N)=N\c1cc(N2CCN(CC3CCCO3)CC2)nc(/C=C/c2ccccc2)n1. The molecule has 0 saturated carbocycles. The van der Waals surface area contributed by atoms with E-state index in [0.717, 1.165) is 50.7 Å². The molecule has 2 fully saturated rings. The van der Waals surface area contributed by atoms with Crippen LogP contribution in [0.1, 0.15) is 31.2 Å². The topological polar surface area (TPSA) is 106 Å². The van der Waals surface area contributed by atoms with Gasteiger partial charge in [0.2, 0.25) is 0 Å². The van der Waals surface area contributed by atoms with Crippen molar-refractivity contribution in [3.63, 3.8) is 0 Å². The summed E-state index contributed by atoms with van der Waals surface area (Å²) in [6.45, 7) is 7.44. The highest BCUT2D eigenvalue weighted by atomic mass is 16.5. The van der Waals surface area contributed by atoms with Crippen LogP contribution in [0, 0.1) is 0 Å². The van der Waals surface area contributed by atoms with Crippen LogP contribution in [0.5, 0.6) is 0 Å². The molecule has 3 heterocycles. The second-order valence-electron chi connectivity index (χ2n) is 8.53. The number of anilines is 1. The number of piperazine rings is 1. The summed E-state index contributed by atoms with van der Waals surface area (Å²) in [5, 5.41) is 0. The van der Waals surface area contributed by atoms with Crippen LogP contribution in [0.15, 0.2) is 53.2 Å². The monoisotopic (exact) mass is 447 g/mol. The molecule has 8 heteroatoms. The fourth-order valence-electron chi connectivity index (χ4n) is 4.10. The fourth-order valence-corrected chi connectivity index (χ4v) is 4.10. The van der Waals surface area contributed by atoms with E-state index in [4.69, 9.17) is 21.2 Å². The Labute approximate surface area is 195 Å². The van der Waals surface area contributed by atoms with E-state index in [1.165, 1.54) is 12.8 Å². The van der Waals surface area contributed by atoms with Crippen LogP contribution < -0.4 is 16.4 Å². The molecule has 4 rings (SSSR count). The maximum absolute atomic E-state index is 6.03. The van der Waals surface area contributed by atoms with E-state index in [2.05, 4.69) is 19.8 Å². The maximum atomic E-state index is 6.03. The third-order valence-electron chi connectivity index (χ3n) is 5.74. The molecule has 8 nitrogen and oxygen atoms in total. The van der Waals surface area contributed by atoms with E-state index in [9.17, 15) is 0 Å². The Balaban J connectivity index is 1.52. The zero-order chi connectivity index (χ0) is 23.0. The average molecular weight is 448 g/mol. The Morgan fingerprint density at radius 2 is 1.91 bits per heavy atom. The van der Waals surface area contributed by atoms with Gasteiger partial charge in [0.05, 0.1) is 6.10 Å². The summed E-state index contributed by atoms with van der Waals surface area (Å²) in [4.78, 5) is 18.6. The lowest BCUT2D eigenvalue weighted by Crippen LogP contribution is -2.48. The van der Waals surface area contributed by atoms with Crippen molar-refractivity contribution in [3.8, 4) is 0 Å². The molecule has 0 aliphatic carbocycles. The summed E-state index contributed by atoms with van der Waals surface area (Å²) in [6, 6.07) is 12.0. The molecule has 1 aromatic carbocycles. The van der Waals surface area contributed by atoms with Gasteiger partial charge in [0.1, 0.15) is 11.7 Å². The van der Waals surface area contributed by atoms with Gasteiger partial charge in [0.25, 0.3) is 0 Å². The first-order valence-electron chi connectivity index (χ1n) is 11.5. The first kappa shape index (κ1) is 22.9. The van der Waals surface area contributed by atoms with Crippen molar-refractivity contribution < 1.29 is 4.74 Å². The molecular formula is C25H33N7O. The van der Waals surface area contributed by atoms with Gasteiger partial charge in [-0.05, 0) is 37.5 Å². The van der Waals surface area contributed by atoms with E-state index >= 15 is 0 Å². The van der Waals surface area contributed by atoms with Gasteiger partial charge in [-0.3, -0.25) is 4.90 Å². The van der Waals surface area contributed by atoms with Crippen molar-refractivity contribution in [2.75, 3.05) is 44.2 Å². The Morgan fingerprint density at radius 3 is 2.61 bits per heavy atom. The van der Waals surface area contributed by atoms with Crippen molar-refractivity contribution >= 4 is 29.6 Å². The van der Waals surface area contributed by atoms with Crippen LogP contribution in [0.25, 0.3) is 12.2 Å². The van der Waals surface area contributed by atoms with Crippen LogP contribution in [0.3, 0.4) is 0 Å². The third kappa shape index (κ3) is 6.87. The van der Waals surface area contributed by atoms with Crippen molar-refractivity contribution in [1.29, 1.82) is 0 Å². The smallest absolute Gasteiger partial charge is 0.160 e. The molecule has 0 spiro atoms. The maximum Gasteiger partial charge on any atom is 0.160 e. The fraction of sp³-hybridized carbons (Fsp3) is 0.400. The summed E-state index contributed by atoms with van der Waals surface area (Å²) in [5.74, 6) is 2.29. The average Bonchev–Trinajstić information content (AvgIpc) is 3.31. The van der Waals surface area contributed by atoms with Gasteiger partial charge >= 0.3 is 0 Å². The highest BCUT2D eigenvalue weighted by Gasteiger charge is 2.23. The highest BCUT2D eigenvalue weighted by molar-refractivity contribution is 5.93. The van der Waals surface area contributed by atoms with Crippen LogP contribution in [-0.2, 0) is 4.74 Å². The Bertz CT molecular complexity index is 1000. The number of rotatable bonds is 7. The molecule has 2 aromatic rings. The van der Waals surface area contributed by atoms with Crippen molar-refractivity contribution in [2.24, 2.45) is 16.5 Å². The number of benzene rings is 1. The number of allylic oxidation sites excluding steroid dienone is 1. The number of nitrogens with zero attached hydrogens (tertiary/aromatic N) is 5. The molecule has 1 atom stereocenters. The number of hydrogen-bond acceptors (Lipinski definition) is 7. The predicted octanol–water partition coefficient (Wildman–Crippen LogP) is 2.80. The molecule has 0 radical (unpaired) electrons. The normalized spacial score (nSPS) is 20.6. The zero-order valence-corrected chi connectivity index (χ0v) is 19.2. The van der Waals surface area contributed by atoms with E-state index in [1.54, 1.807) is 13.0 Å². The second-order valence-corrected chi connectivity index (χ2v) is 8.53. The first-order chi connectivity index (χ1) is 16.0. The van der Waals surface area contributed by atoms with Gasteiger partial charge in [-0.15, -0.1) is 0 Å². The molecule has 33 heavy (non-hydrogen) atoms. The zero-order valence-electron chi connectivity index (χ0n) is 19.2. The summed E-state index contributed by atoms with van der Waals surface area (Å²) in [7, 11) is 0. The van der Waals surface area contributed by atoms with Crippen molar-refractivity contribution in [1.82, 2.24) is 14.9 Å². The van der Waals surface area contributed by atoms with Crippen LogP contribution in [0.4, 0.5) is 11.6 Å². The number of aliphatic imine (C=N–C) groups is 1. The molecule has 174 valence electrons. The molecule has 4 N–H and O–H groups in total. The van der Waals surface area contributed by atoms with Crippen molar-refractivity contribution in [3.05, 3.63) is 59.6 Å². The van der Waals surface area contributed by atoms with Crippen LogP contribution in [0.2, 0.25) is 0 Å². The molecule has 2 aliphatic heterocycles. The van der Waals surface area contributed by atoms with E-state index in [-0.39, 0.29) is 0 Å². The Hall–Kier alpha value is -3.23. The minimum absolute atomic E-state index is 0.319. The number of hydrogen-bond donors (Lipinski definition) is 2. The number of aromatic nitrogens is 2. The molecule has 1 unspecified atom stereocenters. The standard InChI is InChI=1S/C25H33N7O/c1-19(26)16-22(27)28-24-17-25(30-23(29-24)10-9-20-6-3-2-4-7-20)32-13-11-31(12-14-32)18-21-8-5-15-33-21/h2-4,6-7,9-10,16-17,21H,5,8,11-15,18,26H2,1H3,(H2,27,28,29,30)/b10-9+,19-16-. The van der Waals surface area contributed by atoms with Gasteiger partial charge in [-0.25, -0.2) is 15.0 Å². The van der Waals surface area contributed by atoms with E-state index in [0.29, 0.717) is 29.3 Å². The van der Waals surface area contributed by atoms with E-state index in [1.807, 2.05) is 48.6 Å². The third-order valence-corrected chi connectivity index (χ3v) is 5.74. The lowest BCUT2D eigenvalue weighted by Gasteiger charge is -2.36. The first-order valence-corrected chi connectivity index (χ1v) is 11.5. The molecule has 0 amide bonds. The number of nitrogens with two attached hydrogens (primary N) is 2. The van der Waals surface area contributed by atoms with Crippen LogP contribution >= 0.6 is 0 Å². The van der Waals surface area contributed by atoms with Crippen molar-refractivity contribution in [2.45, 2.75) is 25.9 Å². The second kappa shape index (κ2) is 11.1.